The molecule has 2 N–H and O–H groups in total. The van der Waals surface area contributed by atoms with Crippen molar-refractivity contribution in [1.29, 1.82) is 0 Å². The van der Waals surface area contributed by atoms with E-state index in [1.165, 1.54) is 0 Å². The van der Waals surface area contributed by atoms with Crippen LogP contribution in [0.4, 0.5) is 0 Å². The van der Waals surface area contributed by atoms with Crippen molar-refractivity contribution < 1.29 is 9.59 Å². The Morgan fingerprint density at radius 1 is 1.04 bits per heavy atom. The highest BCUT2D eigenvalue weighted by Gasteiger charge is 2.10. The number of rotatable bonds is 5. The van der Waals surface area contributed by atoms with Crippen LogP contribution in [0.15, 0.2) is 62.6 Å². The molecule has 2 amide bonds. The number of hydrazone groups is 1. The van der Waals surface area contributed by atoms with E-state index in [0.29, 0.717) is 15.7 Å². The molecule has 0 saturated carbocycles. The molecule has 2 aromatic rings. The number of hydrogen-bond acceptors (Lipinski definition) is 3. The van der Waals surface area contributed by atoms with Gasteiger partial charge in [-0.05, 0) is 52.7 Å². The van der Waals surface area contributed by atoms with Crippen molar-refractivity contribution in [2.45, 2.75) is 6.92 Å². The van der Waals surface area contributed by atoms with Gasteiger partial charge in [0.05, 0.1) is 17.8 Å². The van der Waals surface area contributed by atoms with Crippen LogP contribution in [0.2, 0.25) is 0 Å². The van der Waals surface area contributed by atoms with Gasteiger partial charge < -0.3 is 5.32 Å². The summed E-state index contributed by atoms with van der Waals surface area (Å²) in [6.07, 6.45) is 0. The number of benzene rings is 2. The molecule has 0 aliphatic rings. The third kappa shape index (κ3) is 5.28. The lowest BCUT2D eigenvalue weighted by Crippen LogP contribution is -2.35. The van der Waals surface area contributed by atoms with Crippen LogP contribution in [-0.2, 0) is 4.79 Å². The summed E-state index contributed by atoms with van der Waals surface area (Å²) in [4.78, 5) is 23.8. The molecular formula is C17H15Br2N3O2. The largest absolute Gasteiger partial charge is 0.343 e. The Morgan fingerprint density at radius 2 is 1.71 bits per heavy atom. The monoisotopic (exact) mass is 451 g/mol. The topological polar surface area (TPSA) is 70.6 Å². The summed E-state index contributed by atoms with van der Waals surface area (Å²) in [5.74, 6) is -0.724. The standard InChI is InChI=1S/C17H15Br2N3O2/c1-11(12-6-8-13(18)9-7-12)21-22-16(23)10-20-17(24)14-4-2-3-5-15(14)19/h2-9H,10H2,1H3,(H,20,24)(H,22,23). The Balaban J connectivity index is 1.87. The molecule has 5 nitrogen and oxygen atoms in total. The summed E-state index contributed by atoms with van der Waals surface area (Å²) in [6.45, 7) is 1.64. The van der Waals surface area contributed by atoms with Gasteiger partial charge in [0.25, 0.3) is 11.8 Å². The molecule has 0 saturated heterocycles. The number of nitrogens with zero attached hydrogens (tertiary/aromatic N) is 1. The maximum absolute atomic E-state index is 12.0. The van der Waals surface area contributed by atoms with Gasteiger partial charge in [-0.1, -0.05) is 40.2 Å². The molecule has 0 bridgehead atoms. The predicted molar refractivity (Wildman–Crippen MR) is 101 cm³/mol. The van der Waals surface area contributed by atoms with Crippen LogP contribution in [0.25, 0.3) is 0 Å². The molecule has 0 fully saturated rings. The van der Waals surface area contributed by atoms with Gasteiger partial charge in [-0.25, -0.2) is 5.43 Å². The fourth-order valence-electron chi connectivity index (χ4n) is 1.84. The van der Waals surface area contributed by atoms with Gasteiger partial charge in [0.15, 0.2) is 0 Å². The van der Waals surface area contributed by atoms with Crippen molar-refractivity contribution in [1.82, 2.24) is 10.7 Å². The fraction of sp³-hybridized carbons (Fsp3) is 0.118. The van der Waals surface area contributed by atoms with Crippen molar-refractivity contribution in [3.8, 4) is 0 Å². The molecule has 0 unspecified atom stereocenters. The van der Waals surface area contributed by atoms with E-state index in [1.807, 2.05) is 30.3 Å². The summed E-state index contributed by atoms with van der Waals surface area (Å²) in [5.41, 5.74) is 4.47. The summed E-state index contributed by atoms with van der Waals surface area (Å²) >= 11 is 6.66. The van der Waals surface area contributed by atoms with E-state index in [9.17, 15) is 9.59 Å². The molecule has 2 aromatic carbocycles. The molecular weight excluding hydrogens is 438 g/mol. The Kier molecular flexibility index (Phi) is 6.69. The van der Waals surface area contributed by atoms with Gasteiger partial charge in [-0.15, -0.1) is 0 Å². The molecule has 2 rings (SSSR count). The van der Waals surface area contributed by atoms with E-state index in [1.54, 1.807) is 25.1 Å². The molecule has 0 aromatic heterocycles. The van der Waals surface area contributed by atoms with Gasteiger partial charge in [0.2, 0.25) is 0 Å². The van der Waals surface area contributed by atoms with E-state index in [0.717, 1.165) is 10.0 Å². The quantitative estimate of drug-likeness (QED) is 0.538. The zero-order valence-corrected chi connectivity index (χ0v) is 16.0. The summed E-state index contributed by atoms with van der Waals surface area (Å²) in [7, 11) is 0. The van der Waals surface area contributed by atoms with Crippen molar-refractivity contribution in [3.63, 3.8) is 0 Å². The Labute approximate surface area is 156 Å². The SMILES string of the molecule is CC(=NNC(=O)CNC(=O)c1ccccc1Br)c1ccc(Br)cc1. The molecule has 0 heterocycles. The van der Waals surface area contributed by atoms with Crippen molar-refractivity contribution in [2.75, 3.05) is 6.54 Å². The van der Waals surface area contributed by atoms with Crippen LogP contribution in [0.5, 0.6) is 0 Å². The second kappa shape index (κ2) is 8.75. The number of carbonyl (C=O) groups is 2. The van der Waals surface area contributed by atoms with Crippen LogP contribution in [0.3, 0.4) is 0 Å². The van der Waals surface area contributed by atoms with Crippen LogP contribution in [0, 0.1) is 0 Å². The second-order valence-electron chi connectivity index (χ2n) is 4.90. The lowest BCUT2D eigenvalue weighted by Gasteiger charge is -2.06. The first-order valence-corrected chi connectivity index (χ1v) is 8.68. The predicted octanol–water partition coefficient (Wildman–Crippen LogP) is 3.48. The molecule has 0 aliphatic carbocycles. The van der Waals surface area contributed by atoms with Gasteiger partial charge in [0.1, 0.15) is 0 Å². The fourth-order valence-corrected chi connectivity index (χ4v) is 2.57. The zero-order valence-electron chi connectivity index (χ0n) is 12.8. The van der Waals surface area contributed by atoms with Crippen molar-refractivity contribution >= 4 is 49.4 Å². The smallest absolute Gasteiger partial charge is 0.259 e. The first kappa shape index (κ1) is 18.4. The highest BCUT2D eigenvalue weighted by Crippen LogP contribution is 2.15. The molecule has 7 heteroatoms. The third-order valence-electron chi connectivity index (χ3n) is 3.14. The molecule has 0 aliphatic heterocycles. The van der Waals surface area contributed by atoms with Crippen molar-refractivity contribution in [3.05, 3.63) is 68.6 Å². The van der Waals surface area contributed by atoms with E-state index in [-0.39, 0.29) is 12.5 Å². The number of halogens is 2. The van der Waals surface area contributed by atoms with Gasteiger partial charge in [-0.3, -0.25) is 9.59 Å². The van der Waals surface area contributed by atoms with E-state index < -0.39 is 5.91 Å². The minimum atomic E-state index is -0.396. The number of hydrogen-bond donors (Lipinski definition) is 2. The highest BCUT2D eigenvalue weighted by molar-refractivity contribution is 9.10. The zero-order chi connectivity index (χ0) is 17.5. The van der Waals surface area contributed by atoms with E-state index in [4.69, 9.17) is 0 Å². The molecule has 124 valence electrons. The summed E-state index contributed by atoms with van der Waals surface area (Å²) in [5, 5.41) is 6.59. The first-order chi connectivity index (χ1) is 11.5. The lowest BCUT2D eigenvalue weighted by atomic mass is 10.1. The number of nitrogens with one attached hydrogen (secondary N) is 2. The average Bonchev–Trinajstić information content (AvgIpc) is 2.58. The lowest BCUT2D eigenvalue weighted by molar-refractivity contribution is -0.120. The minimum Gasteiger partial charge on any atom is -0.343 e. The van der Waals surface area contributed by atoms with Crippen LogP contribution >= 0.6 is 31.9 Å². The van der Waals surface area contributed by atoms with E-state index in [2.05, 4.69) is 47.7 Å². The Hall–Kier alpha value is -1.99. The molecule has 0 radical (unpaired) electrons. The minimum absolute atomic E-state index is 0.155. The maximum Gasteiger partial charge on any atom is 0.259 e. The first-order valence-electron chi connectivity index (χ1n) is 7.09. The van der Waals surface area contributed by atoms with Crippen LogP contribution in [0.1, 0.15) is 22.8 Å². The van der Waals surface area contributed by atoms with Crippen molar-refractivity contribution in [2.24, 2.45) is 5.10 Å². The van der Waals surface area contributed by atoms with Gasteiger partial charge >= 0.3 is 0 Å². The molecule has 0 atom stereocenters. The number of carbonyl (C=O) groups excluding carboxylic acids is 2. The van der Waals surface area contributed by atoms with Gasteiger partial charge in [-0.2, -0.15) is 5.10 Å². The second-order valence-corrected chi connectivity index (χ2v) is 6.67. The summed E-state index contributed by atoms with van der Waals surface area (Å²) < 4.78 is 1.64. The molecule has 0 spiro atoms. The van der Waals surface area contributed by atoms with E-state index >= 15 is 0 Å². The third-order valence-corrected chi connectivity index (χ3v) is 4.36. The Bertz CT molecular complexity index is 774. The molecule has 24 heavy (non-hydrogen) atoms. The Morgan fingerprint density at radius 3 is 2.38 bits per heavy atom. The average molecular weight is 453 g/mol. The summed E-state index contributed by atoms with van der Waals surface area (Å²) in [6, 6.07) is 14.6. The maximum atomic E-state index is 12.0. The normalized spacial score (nSPS) is 11.0. The number of amides is 2. The van der Waals surface area contributed by atoms with Crippen LogP contribution < -0.4 is 10.7 Å². The van der Waals surface area contributed by atoms with Crippen LogP contribution in [-0.4, -0.2) is 24.1 Å². The highest BCUT2D eigenvalue weighted by atomic mass is 79.9. The van der Waals surface area contributed by atoms with Gasteiger partial charge in [0, 0.05) is 8.95 Å².